The number of ether oxygens (including phenoxy) is 1. The summed E-state index contributed by atoms with van der Waals surface area (Å²) >= 11 is 0. The quantitative estimate of drug-likeness (QED) is 0.804. The topological polar surface area (TPSA) is 73.6 Å². The van der Waals surface area contributed by atoms with Gasteiger partial charge in [0.25, 0.3) is 0 Å². The van der Waals surface area contributed by atoms with E-state index >= 15 is 0 Å². The molecule has 2 aliphatic rings. The Kier molecular flexibility index (Phi) is 5.21. The molecule has 1 aromatic carbocycles. The minimum absolute atomic E-state index is 0.0614. The van der Waals surface area contributed by atoms with Crippen molar-refractivity contribution in [2.45, 2.75) is 36.3 Å². The van der Waals surface area contributed by atoms with Crippen molar-refractivity contribution in [3.05, 3.63) is 29.8 Å². The Morgan fingerprint density at radius 2 is 1.92 bits per heavy atom. The fourth-order valence-electron chi connectivity index (χ4n) is 3.58. The summed E-state index contributed by atoms with van der Waals surface area (Å²) in [4.78, 5) is 2.58. The first-order chi connectivity index (χ1) is 11.5. The molecule has 0 saturated carbocycles. The smallest absolute Gasteiger partial charge is 0.243 e. The van der Waals surface area contributed by atoms with E-state index in [9.17, 15) is 8.42 Å². The zero-order valence-electron chi connectivity index (χ0n) is 13.9. The Labute approximate surface area is 143 Å². The highest BCUT2D eigenvalue weighted by Crippen LogP contribution is 2.29. The van der Waals surface area contributed by atoms with Crippen molar-refractivity contribution < 1.29 is 13.2 Å². The Balaban J connectivity index is 1.83. The molecular weight excluding hydrogens is 326 g/mol. The van der Waals surface area contributed by atoms with Crippen LogP contribution >= 0.6 is 0 Å². The van der Waals surface area contributed by atoms with Crippen molar-refractivity contribution in [2.75, 3.05) is 33.3 Å². The van der Waals surface area contributed by atoms with Crippen LogP contribution in [-0.2, 0) is 14.8 Å². The van der Waals surface area contributed by atoms with E-state index in [-0.39, 0.29) is 17.0 Å². The maximum Gasteiger partial charge on any atom is 0.243 e. The average molecular weight is 349 g/mol. The van der Waals surface area contributed by atoms with Crippen LogP contribution in [0.5, 0.6) is 0 Å². The molecule has 2 aliphatic heterocycles. The predicted octanol–water partition coefficient (Wildman–Crippen LogP) is 1.43. The van der Waals surface area contributed by atoms with Gasteiger partial charge in [0.05, 0.1) is 22.6 Å². The van der Waals surface area contributed by atoms with Crippen LogP contribution in [0.2, 0.25) is 0 Å². The summed E-state index contributed by atoms with van der Waals surface area (Å²) in [6, 6.07) is 8.08. The SMILES string of the molecule is CO[C@H]1C[C@@H](CN2CCCC2)N(S(=O)(=O)c2ccc(C#N)cc2)C1. The summed E-state index contributed by atoms with van der Waals surface area (Å²) < 4.78 is 33.1. The molecule has 2 fully saturated rings. The first-order valence-electron chi connectivity index (χ1n) is 8.32. The lowest BCUT2D eigenvalue weighted by Gasteiger charge is -2.27. The van der Waals surface area contributed by atoms with E-state index in [0.29, 0.717) is 12.1 Å². The highest BCUT2D eigenvalue weighted by atomic mass is 32.2. The molecule has 0 aliphatic carbocycles. The molecule has 2 heterocycles. The zero-order chi connectivity index (χ0) is 17.2. The lowest BCUT2D eigenvalue weighted by Crippen LogP contribution is -2.42. The van der Waals surface area contributed by atoms with Crippen LogP contribution in [0.1, 0.15) is 24.8 Å². The standard InChI is InChI=1S/C17H23N3O3S/c1-23-16-10-15(12-19-8-2-3-9-19)20(13-16)24(21,22)17-6-4-14(11-18)5-7-17/h4-7,15-16H,2-3,8-10,12-13H2,1H3/t15-,16-/m0/s1. The van der Waals surface area contributed by atoms with Gasteiger partial charge in [-0.15, -0.1) is 0 Å². The molecule has 0 radical (unpaired) electrons. The normalized spacial score (nSPS) is 25.8. The van der Waals surface area contributed by atoms with Gasteiger partial charge in [0.1, 0.15) is 0 Å². The summed E-state index contributed by atoms with van der Waals surface area (Å²) in [6.45, 7) is 3.23. The molecule has 6 nitrogen and oxygen atoms in total. The Morgan fingerprint density at radius 3 is 2.50 bits per heavy atom. The van der Waals surface area contributed by atoms with Gasteiger partial charge in [-0.05, 0) is 56.6 Å². The number of methoxy groups -OCH3 is 1. The number of rotatable bonds is 5. The monoisotopic (exact) mass is 349 g/mol. The Bertz CT molecular complexity index is 706. The third kappa shape index (κ3) is 3.47. The van der Waals surface area contributed by atoms with Crippen molar-refractivity contribution in [2.24, 2.45) is 0 Å². The van der Waals surface area contributed by atoms with Crippen LogP contribution in [0.3, 0.4) is 0 Å². The number of nitriles is 1. The first kappa shape index (κ1) is 17.4. The molecule has 0 unspecified atom stereocenters. The Morgan fingerprint density at radius 1 is 1.25 bits per heavy atom. The van der Waals surface area contributed by atoms with Crippen molar-refractivity contribution in [3.8, 4) is 6.07 Å². The molecular formula is C17H23N3O3S. The van der Waals surface area contributed by atoms with Crippen molar-refractivity contribution in [3.63, 3.8) is 0 Å². The summed E-state index contributed by atoms with van der Waals surface area (Å²) in [5.74, 6) is 0. The van der Waals surface area contributed by atoms with Crippen LogP contribution in [0, 0.1) is 11.3 Å². The van der Waals surface area contributed by atoms with E-state index in [1.807, 2.05) is 6.07 Å². The second-order valence-corrected chi connectivity index (χ2v) is 8.36. The summed E-state index contributed by atoms with van der Waals surface area (Å²) in [7, 11) is -1.95. The molecule has 24 heavy (non-hydrogen) atoms. The first-order valence-corrected chi connectivity index (χ1v) is 9.76. The number of nitrogens with zero attached hydrogens (tertiary/aromatic N) is 3. The average Bonchev–Trinajstić information content (AvgIpc) is 3.25. The minimum atomic E-state index is -3.58. The van der Waals surface area contributed by atoms with Gasteiger partial charge in [-0.25, -0.2) is 8.42 Å². The zero-order valence-corrected chi connectivity index (χ0v) is 14.7. The Hall–Kier alpha value is -1.46. The number of hydrogen-bond acceptors (Lipinski definition) is 5. The molecule has 2 atom stereocenters. The summed E-state index contributed by atoms with van der Waals surface area (Å²) in [5, 5.41) is 8.88. The molecule has 3 rings (SSSR count). The fraction of sp³-hybridized carbons (Fsp3) is 0.588. The van der Waals surface area contributed by atoms with Gasteiger partial charge in [-0.2, -0.15) is 9.57 Å². The van der Waals surface area contributed by atoms with E-state index in [4.69, 9.17) is 10.00 Å². The van der Waals surface area contributed by atoms with Crippen molar-refractivity contribution in [1.29, 1.82) is 5.26 Å². The van der Waals surface area contributed by atoms with Crippen LogP contribution < -0.4 is 0 Å². The third-order valence-electron chi connectivity index (χ3n) is 4.92. The van der Waals surface area contributed by atoms with Gasteiger partial charge < -0.3 is 9.64 Å². The third-order valence-corrected chi connectivity index (χ3v) is 6.85. The maximum atomic E-state index is 13.0. The second kappa shape index (κ2) is 7.19. The molecule has 7 heteroatoms. The molecule has 0 spiro atoms. The van der Waals surface area contributed by atoms with E-state index in [2.05, 4.69) is 4.90 Å². The number of hydrogen-bond donors (Lipinski definition) is 0. The number of benzene rings is 1. The van der Waals surface area contributed by atoms with Crippen LogP contribution in [0.15, 0.2) is 29.2 Å². The van der Waals surface area contributed by atoms with Gasteiger partial charge in [0.15, 0.2) is 0 Å². The predicted molar refractivity (Wildman–Crippen MR) is 89.9 cm³/mol. The van der Waals surface area contributed by atoms with E-state index in [0.717, 1.165) is 26.1 Å². The van der Waals surface area contributed by atoms with Gasteiger partial charge in [-0.3, -0.25) is 0 Å². The molecule has 2 saturated heterocycles. The van der Waals surface area contributed by atoms with Gasteiger partial charge >= 0.3 is 0 Å². The van der Waals surface area contributed by atoms with Gasteiger partial charge in [0, 0.05) is 26.2 Å². The lowest BCUT2D eigenvalue weighted by atomic mass is 10.2. The largest absolute Gasteiger partial charge is 0.380 e. The molecule has 0 N–H and O–H groups in total. The summed E-state index contributed by atoms with van der Waals surface area (Å²) in [5.41, 5.74) is 0.457. The maximum absolute atomic E-state index is 13.0. The second-order valence-electron chi connectivity index (χ2n) is 6.47. The van der Waals surface area contributed by atoms with Crippen molar-refractivity contribution >= 4 is 10.0 Å². The minimum Gasteiger partial charge on any atom is -0.380 e. The van der Waals surface area contributed by atoms with E-state index in [1.54, 1.807) is 23.5 Å². The molecule has 0 aromatic heterocycles. The molecule has 1 aromatic rings. The number of sulfonamides is 1. The summed E-state index contributed by atoms with van der Waals surface area (Å²) in [6.07, 6.45) is 3.03. The van der Waals surface area contributed by atoms with E-state index in [1.165, 1.54) is 25.0 Å². The van der Waals surface area contributed by atoms with Crippen LogP contribution in [0.4, 0.5) is 0 Å². The van der Waals surface area contributed by atoms with Crippen LogP contribution in [-0.4, -0.2) is 63.1 Å². The fourth-order valence-corrected chi connectivity index (χ4v) is 5.23. The number of likely N-dealkylation sites (tertiary alicyclic amines) is 1. The van der Waals surface area contributed by atoms with Crippen molar-refractivity contribution in [1.82, 2.24) is 9.21 Å². The lowest BCUT2D eigenvalue weighted by molar-refractivity contribution is 0.113. The molecule has 130 valence electrons. The highest BCUT2D eigenvalue weighted by molar-refractivity contribution is 7.89. The van der Waals surface area contributed by atoms with E-state index < -0.39 is 10.0 Å². The highest BCUT2D eigenvalue weighted by Gasteiger charge is 2.41. The van der Waals surface area contributed by atoms with Crippen LogP contribution in [0.25, 0.3) is 0 Å². The van der Waals surface area contributed by atoms with Gasteiger partial charge in [-0.1, -0.05) is 0 Å². The van der Waals surface area contributed by atoms with Gasteiger partial charge in [0.2, 0.25) is 10.0 Å². The molecule has 0 amide bonds. The molecule has 0 bridgehead atoms.